The summed E-state index contributed by atoms with van der Waals surface area (Å²) in [5.41, 5.74) is 4.27. The van der Waals surface area contributed by atoms with Gasteiger partial charge in [-0.05, 0) is 41.6 Å². The van der Waals surface area contributed by atoms with Crippen LogP contribution in [0.15, 0.2) is 66.0 Å². The van der Waals surface area contributed by atoms with Gasteiger partial charge in [0.15, 0.2) is 0 Å². The molecule has 0 bridgehead atoms. The lowest BCUT2D eigenvalue weighted by atomic mass is 10.1. The Balaban J connectivity index is 1.26. The number of nitrogens with one attached hydrogen (secondary N) is 1. The van der Waals surface area contributed by atoms with Crippen molar-refractivity contribution < 1.29 is 9.59 Å². The van der Waals surface area contributed by atoms with Crippen LogP contribution in [0.2, 0.25) is 0 Å². The van der Waals surface area contributed by atoms with Crippen LogP contribution < -0.4 is 5.32 Å². The second-order valence-corrected chi connectivity index (χ2v) is 8.86. The molecule has 5 nitrogen and oxygen atoms in total. The third kappa shape index (κ3) is 5.60. The second-order valence-electron chi connectivity index (χ2n) is 7.91. The fourth-order valence-corrected chi connectivity index (χ4v) is 4.44. The SMILES string of the molecule is Cc1cccc(CN2CCN(C(=O)c3ccc(CNC(=O)c4cccs4)cc3)CC2)c1. The first-order valence-electron chi connectivity index (χ1n) is 10.6. The number of carbonyl (C=O) groups is 2. The van der Waals surface area contributed by atoms with Gasteiger partial charge >= 0.3 is 0 Å². The van der Waals surface area contributed by atoms with Crippen LogP contribution in [-0.4, -0.2) is 47.8 Å². The van der Waals surface area contributed by atoms with Crippen LogP contribution in [0, 0.1) is 6.92 Å². The van der Waals surface area contributed by atoms with Crippen LogP contribution in [0.1, 0.15) is 36.7 Å². The standard InChI is InChI=1S/C25H27N3O2S/c1-19-4-2-5-21(16-19)18-27-11-13-28(14-12-27)25(30)22-9-7-20(8-10-22)17-26-24(29)23-6-3-15-31-23/h2-10,15-16H,11-14,17-18H2,1H3,(H,26,29). The van der Waals surface area contributed by atoms with Crippen molar-refractivity contribution in [2.45, 2.75) is 20.0 Å². The fraction of sp³-hybridized carbons (Fsp3) is 0.280. The summed E-state index contributed by atoms with van der Waals surface area (Å²) in [6, 6.07) is 19.8. The first-order chi connectivity index (χ1) is 15.1. The maximum absolute atomic E-state index is 12.9. The minimum Gasteiger partial charge on any atom is -0.347 e. The van der Waals surface area contributed by atoms with E-state index in [9.17, 15) is 9.59 Å². The van der Waals surface area contributed by atoms with Gasteiger partial charge in [0.1, 0.15) is 0 Å². The van der Waals surface area contributed by atoms with E-state index in [1.54, 1.807) is 0 Å². The predicted octanol–water partition coefficient (Wildman–Crippen LogP) is 3.94. The molecular formula is C25H27N3O2S. The molecule has 0 unspecified atom stereocenters. The molecule has 3 aromatic rings. The number of carbonyl (C=O) groups excluding carboxylic acids is 2. The molecule has 1 fully saturated rings. The van der Waals surface area contributed by atoms with Gasteiger partial charge in [-0.15, -0.1) is 11.3 Å². The largest absolute Gasteiger partial charge is 0.347 e. The Morgan fingerprint density at radius 2 is 1.71 bits per heavy atom. The maximum Gasteiger partial charge on any atom is 0.261 e. The lowest BCUT2D eigenvalue weighted by Crippen LogP contribution is -2.48. The van der Waals surface area contributed by atoms with Gasteiger partial charge in [0.05, 0.1) is 4.88 Å². The molecule has 1 aromatic heterocycles. The van der Waals surface area contributed by atoms with E-state index >= 15 is 0 Å². The Morgan fingerprint density at radius 3 is 2.39 bits per heavy atom. The number of amides is 2. The summed E-state index contributed by atoms with van der Waals surface area (Å²) in [7, 11) is 0. The van der Waals surface area contributed by atoms with Crippen LogP contribution in [0.3, 0.4) is 0 Å². The molecule has 0 spiro atoms. The van der Waals surface area contributed by atoms with Crippen LogP contribution in [0.25, 0.3) is 0 Å². The molecule has 0 atom stereocenters. The van der Waals surface area contributed by atoms with Crippen molar-refractivity contribution in [3.63, 3.8) is 0 Å². The molecule has 0 radical (unpaired) electrons. The Morgan fingerprint density at radius 1 is 0.935 bits per heavy atom. The van der Waals surface area contributed by atoms with E-state index in [0.29, 0.717) is 17.0 Å². The van der Waals surface area contributed by atoms with E-state index in [1.807, 2.05) is 46.7 Å². The molecule has 0 saturated carbocycles. The average Bonchev–Trinajstić information content (AvgIpc) is 3.33. The highest BCUT2D eigenvalue weighted by Crippen LogP contribution is 2.14. The van der Waals surface area contributed by atoms with Crippen LogP contribution in [0.4, 0.5) is 0 Å². The van der Waals surface area contributed by atoms with E-state index in [2.05, 4.69) is 41.4 Å². The van der Waals surface area contributed by atoms with Crippen molar-refractivity contribution in [2.75, 3.05) is 26.2 Å². The Hall–Kier alpha value is -2.96. The summed E-state index contributed by atoms with van der Waals surface area (Å²) in [5, 5.41) is 4.80. The van der Waals surface area contributed by atoms with Gasteiger partial charge < -0.3 is 10.2 Å². The highest BCUT2D eigenvalue weighted by atomic mass is 32.1. The molecule has 2 amide bonds. The average molecular weight is 434 g/mol. The highest BCUT2D eigenvalue weighted by molar-refractivity contribution is 7.12. The molecule has 2 aromatic carbocycles. The zero-order chi connectivity index (χ0) is 21.6. The number of benzene rings is 2. The smallest absolute Gasteiger partial charge is 0.261 e. The van der Waals surface area contributed by atoms with Crippen LogP contribution >= 0.6 is 11.3 Å². The van der Waals surface area contributed by atoms with Crippen molar-refractivity contribution in [2.24, 2.45) is 0 Å². The van der Waals surface area contributed by atoms with Gasteiger partial charge in [-0.3, -0.25) is 14.5 Å². The molecule has 160 valence electrons. The van der Waals surface area contributed by atoms with E-state index in [-0.39, 0.29) is 11.8 Å². The van der Waals surface area contributed by atoms with Crippen molar-refractivity contribution in [3.8, 4) is 0 Å². The van der Waals surface area contributed by atoms with E-state index in [1.165, 1.54) is 22.5 Å². The van der Waals surface area contributed by atoms with Gasteiger partial charge in [0, 0.05) is 44.8 Å². The first-order valence-corrected chi connectivity index (χ1v) is 11.4. The molecule has 0 aliphatic carbocycles. The first kappa shape index (κ1) is 21.3. The van der Waals surface area contributed by atoms with Crippen molar-refractivity contribution in [3.05, 3.63) is 93.2 Å². The lowest BCUT2D eigenvalue weighted by Gasteiger charge is -2.34. The van der Waals surface area contributed by atoms with Crippen LogP contribution in [0.5, 0.6) is 0 Å². The number of hydrogen-bond donors (Lipinski definition) is 1. The van der Waals surface area contributed by atoms with Gasteiger partial charge in [0.2, 0.25) is 0 Å². The zero-order valence-electron chi connectivity index (χ0n) is 17.7. The van der Waals surface area contributed by atoms with Gasteiger partial charge in [0.25, 0.3) is 11.8 Å². The van der Waals surface area contributed by atoms with Crippen LogP contribution in [-0.2, 0) is 13.1 Å². The zero-order valence-corrected chi connectivity index (χ0v) is 18.5. The van der Waals surface area contributed by atoms with E-state index in [4.69, 9.17) is 0 Å². The molecule has 1 aliphatic rings. The third-order valence-corrected chi connectivity index (χ3v) is 6.42. The molecule has 2 heterocycles. The quantitative estimate of drug-likeness (QED) is 0.641. The second kappa shape index (κ2) is 9.90. The predicted molar refractivity (Wildman–Crippen MR) is 124 cm³/mol. The van der Waals surface area contributed by atoms with Gasteiger partial charge in [-0.2, -0.15) is 0 Å². The topological polar surface area (TPSA) is 52.6 Å². The van der Waals surface area contributed by atoms with Crippen molar-refractivity contribution >= 4 is 23.2 Å². The number of piperazine rings is 1. The Kier molecular flexibility index (Phi) is 6.79. The minimum absolute atomic E-state index is 0.0707. The Labute approximate surface area is 187 Å². The van der Waals surface area contributed by atoms with Gasteiger partial charge in [-0.25, -0.2) is 0 Å². The van der Waals surface area contributed by atoms with E-state index in [0.717, 1.165) is 38.3 Å². The number of rotatable bonds is 6. The summed E-state index contributed by atoms with van der Waals surface area (Å²) in [6.07, 6.45) is 0. The summed E-state index contributed by atoms with van der Waals surface area (Å²) in [5.74, 6) is 0.00284. The summed E-state index contributed by atoms with van der Waals surface area (Å²) < 4.78 is 0. The molecule has 31 heavy (non-hydrogen) atoms. The number of nitrogens with zero attached hydrogens (tertiary/aromatic N) is 2. The van der Waals surface area contributed by atoms with Gasteiger partial charge in [-0.1, -0.05) is 48.0 Å². The molecule has 1 N–H and O–H groups in total. The normalized spacial score (nSPS) is 14.4. The minimum atomic E-state index is -0.0707. The lowest BCUT2D eigenvalue weighted by molar-refractivity contribution is 0.0628. The van der Waals surface area contributed by atoms with E-state index < -0.39 is 0 Å². The molecule has 1 aliphatic heterocycles. The number of thiophene rings is 1. The number of aryl methyl sites for hydroxylation is 1. The molecule has 1 saturated heterocycles. The molecular weight excluding hydrogens is 406 g/mol. The molecule has 4 rings (SSSR count). The third-order valence-electron chi connectivity index (χ3n) is 5.55. The fourth-order valence-electron chi connectivity index (χ4n) is 3.80. The molecule has 6 heteroatoms. The summed E-state index contributed by atoms with van der Waals surface area (Å²) in [6.45, 7) is 6.73. The Bertz CT molecular complexity index is 1020. The maximum atomic E-state index is 12.9. The summed E-state index contributed by atoms with van der Waals surface area (Å²) >= 11 is 1.42. The monoisotopic (exact) mass is 433 g/mol. The summed E-state index contributed by atoms with van der Waals surface area (Å²) in [4.78, 5) is 30.0. The van der Waals surface area contributed by atoms with Crippen molar-refractivity contribution in [1.29, 1.82) is 0 Å². The van der Waals surface area contributed by atoms with Crippen molar-refractivity contribution in [1.82, 2.24) is 15.1 Å². The number of hydrogen-bond acceptors (Lipinski definition) is 4. The highest BCUT2D eigenvalue weighted by Gasteiger charge is 2.22.